The molecular weight excluding hydrogens is 460 g/mol. The summed E-state index contributed by atoms with van der Waals surface area (Å²) < 4.78 is 9.64. The molecular formula is C27H26N4O3S. The van der Waals surface area contributed by atoms with Gasteiger partial charge in [-0.05, 0) is 41.8 Å². The Balaban J connectivity index is 1.43. The number of ketones is 1. The lowest BCUT2D eigenvalue weighted by Crippen LogP contribution is -2.26. The van der Waals surface area contributed by atoms with E-state index in [1.165, 1.54) is 4.90 Å². The molecule has 0 aliphatic carbocycles. The monoisotopic (exact) mass is 486 g/mol. The van der Waals surface area contributed by atoms with Crippen LogP contribution in [-0.2, 0) is 6.61 Å². The fourth-order valence-corrected chi connectivity index (χ4v) is 5.31. The van der Waals surface area contributed by atoms with Crippen molar-refractivity contribution in [1.82, 2.24) is 14.5 Å². The van der Waals surface area contributed by atoms with Crippen molar-refractivity contribution in [2.24, 2.45) is 5.92 Å². The molecule has 178 valence electrons. The highest BCUT2D eigenvalue weighted by Gasteiger charge is 2.32. The number of carbonyl (C=O) groups is 2. The summed E-state index contributed by atoms with van der Waals surface area (Å²) in [5, 5.41) is 0.752. The minimum absolute atomic E-state index is 0.0390. The van der Waals surface area contributed by atoms with Gasteiger partial charge in [0.1, 0.15) is 12.4 Å². The second kappa shape index (κ2) is 9.84. The van der Waals surface area contributed by atoms with E-state index >= 15 is 0 Å². The zero-order valence-electron chi connectivity index (χ0n) is 19.6. The Labute approximate surface area is 208 Å². The number of carbonyl (C=O) groups excluding carboxylic acids is 2. The Morgan fingerprint density at radius 3 is 2.69 bits per heavy atom. The van der Waals surface area contributed by atoms with Crippen LogP contribution in [0.15, 0.2) is 79.3 Å². The number of nitrogens with zero attached hydrogens (tertiary/aromatic N) is 4. The number of ether oxygens (including phenoxy) is 1. The molecule has 0 N–H and O–H groups in total. The van der Waals surface area contributed by atoms with Gasteiger partial charge >= 0.3 is 6.03 Å². The van der Waals surface area contributed by atoms with Crippen molar-refractivity contribution in [3.63, 3.8) is 0 Å². The number of amides is 1. The van der Waals surface area contributed by atoms with Crippen molar-refractivity contribution in [3.8, 4) is 5.75 Å². The van der Waals surface area contributed by atoms with E-state index < -0.39 is 0 Å². The molecule has 0 bridgehead atoms. The number of aromatic nitrogens is 2. The molecule has 1 atom stereocenters. The molecule has 1 saturated heterocycles. The molecule has 0 radical (unpaired) electrons. The number of fused-ring (bicyclic) bond motifs is 1. The molecule has 2 aromatic heterocycles. The third kappa shape index (κ3) is 4.74. The van der Waals surface area contributed by atoms with E-state index in [0.29, 0.717) is 35.7 Å². The van der Waals surface area contributed by atoms with E-state index in [0.717, 1.165) is 16.6 Å². The molecule has 0 spiro atoms. The Hall–Kier alpha value is -3.78. The Kier molecular flexibility index (Phi) is 6.46. The van der Waals surface area contributed by atoms with Gasteiger partial charge in [-0.2, -0.15) is 0 Å². The molecule has 1 unspecified atom stereocenters. The quantitative estimate of drug-likeness (QED) is 0.279. The topological polar surface area (TPSA) is 67.7 Å². The predicted molar refractivity (Wildman–Crippen MR) is 139 cm³/mol. The van der Waals surface area contributed by atoms with Crippen LogP contribution in [0.3, 0.4) is 0 Å². The SMILES string of the molecule is CN(C)C(=O)n1cc(C(=O)C2CSN(c3cccnc3)C2)c2ccc(OCc3ccccc3)cc21. The van der Waals surface area contributed by atoms with E-state index in [-0.39, 0.29) is 17.7 Å². The number of rotatable bonds is 6. The lowest BCUT2D eigenvalue weighted by Gasteiger charge is -2.15. The highest BCUT2D eigenvalue weighted by atomic mass is 32.2. The molecule has 3 heterocycles. The maximum absolute atomic E-state index is 13.6. The lowest BCUT2D eigenvalue weighted by molar-refractivity contribution is 0.0942. The second-order valence-electron chi connectivity index (χ2n) is 8.67. The summed E-state index contributed by atoms with van der Waals surface area (Å²) >= 11 is 1.63. The highest BCUT2D eigenvalue weighted by molar-refractivity contribution is 8.00. The van der Waals surface area contributed by atoms with Gasteiger partial charge in [0, 0.05) is 55.8 Å². The Bertz CT molecular complexity index is 1360. The van der Waals surface area contributed by atoms with Gasteiger partial charge in [0.25, 0.3) is 0 Å². The van der Waals surface area contributed by atoms with Crippen LogP contribution in [-0.4, -0.2) is 52.7 Å². The van der Waals surface area contributed by atoms with E-state index in [9.17, 15) is 9.59 Å². The molecule has 0 saturated carbocycles. The molecule has 1 aliphatic rings. The summed E-state index contributed by atoms with van der Waals surface area (Å²) in [5.74, 6) is 1.19. The lowest BCUT2D eigenvalue weighted by atomic mass is 9.98. The average molecular weight is 487 g/mol. The summed E-state index contributed by atoms with van der Waals surface area (Å²) in [5.41, 5.74) is 3.26. The van der Waals surface area contributed by atoms with Gasteiger partial charge in [0.2, 0.25) is 0 Å². The first-order chi connectivity index (χ1) is 17.0. The standard InChI is InChI=1S/C27H26N4O3S/c1-29(2)27(33)30-16-24(26(32)20-15-31(35-18-20)21-9-6-12-28-14-21)23-11-10-22(13-25(23)30)34-17-19-7-4-3-5-8-19/h3-14,16,20H,15,17-18H2,1-2H3. The normalized spacial score (nSPS) is 15.4. The van der Waals surface area contributed by atoms with Crippen LogP contribution in [0.4, 0.5) is 10.5 Å². The number of pyridine rings is 1. The number of Topliss-reactive ketones (excluding diaryl/α,β-unsaturated/α-hetero) is 1. The maximum atomic E-state index is 13.6. The first kappa shape index (κ1) is 23.0. The third-order valence-electron chi connectivity index (χ3n) is 6.00. The minimum Gasteiger partial charge on any atom is -0.489 e. The van der Waals surface area contributed by atoms with Gasteiger partial charge in [0.05, 0.1) is 23.3 Å². The van der Waals surface area contributed by atoms with Crippen molar-refractivity contribution >= 4 is 40.4 Å². The van der Waals surface area contributed by atoms with Gasteiger partial charge in [0.15, 0.2) is 5.78 Å². The third-order valence-corrected chi connectivity index (χ3v) is 7.23. The van der Waals surface area contributed by atoms with E-state index in [1.54, 1.807) is 49.2 Å². The van der Waals surface area contributed by atoms with Crippen LogP contribution < -0.4 is 9.04 Å². The smallest absolute Gasteiger partial charge is 0.328 e. The van der Waals surface area contributed by atoms with Crippen molar-refractivity contribution in [2.45, 2.75) is 6.61 Å². The molecule has 35 heavy (non-hydrogen) atoms. The summed E-state index contributed by atoms with van der Waals surface area (Å²) in [6.45, 7) is 1.02. The summed E-state index contributed by atoms with van der Waals surface area (Å²) in [7, 11) is 3.40. The van der Waals surface area contributed by atoms with Crippen LogP contribution in [0.1, 0.15) is 15.9 Å². The van der Waals surface area contributed by atoms with E-state index in [1.807, 2.05) is 60.7 Å². The number of hydrogen-bond acceptors (Lipinski definition) is 6. The van der Waals surface area contributed by atoms with E-state index in [2.05, 4.69) is 9.29 Å². The molecule has 2 aromatic carbocycles. The minimum atomic E-state index is -0.216. The average Bonchev–Trinajstić information content (AvgIpc) is 3.53. The molecule has 5 rings (SSSR count). The Morgan fingerprint density at radius 1 is 1.11 bits per heavy atom. The number of anilines is 1. The van der Waals surface area contributed by atoms with Gasteiger partial charge in [-0.25, -0.2) is 4.79 Å². The first-order valence-corrected chi connectivity index (χ1v) is 12.3. The van der Waals surface area contributed by atoms with E-state index in [4.69, 9.17) is 4.74 Å². The molecule has 8 heteroatoms. The molecule has 1 aliphatic heterocycles. The van der Waals surface area contributed by atoms with Gasteiger partial charge < -0.3 is 13.9 Å². The fourth-order valence-electron chi connectivity index (χ4n) is 4.15. The van der Waals surface area contributed by atoms with Crippen LogP contribution in [0.5, 0.6) is 5.75 Å². The van der Waals surface area contributed by atoms with Gasteiger partial charge in [-0.3, -0.25) is 14.3 Å². The molecule has 1 amide bonds. The maximum Gasteiger partial charge on any atom is 0.328 e. The number of benzene rings is 2. The van der Waals surface area contributed by atoms with Crippen molar-refractivity contribution in [1.29, 1.82) is 0 Å². The fraction of sp³-hybridized carbons (Fsp3) is 0.222. The van der Waals surface area contributed by atoms with Gasteiger partial charge in [-0.15, -0.1) is 0 Å². The van der Waals surface area contributed by atoms with Gasteiger partial charge in [-0.1, -0.05) is 30.3 Å². The predicted octanol–water partition coefficient (Wildman–Crippen LogP) is 5.11. The first-order valence-electron chi connectivity index (χ1n) is 11.4. The second-order valence-corrected chi connectivity index (χ2v) is 9.70. The van der Waals surface area contributed by atoms with Crippen LogP contribution >= 0.6 is 11.9 Å². The van der Waals surface area contributed by atoms with Crippen LogP contribution in [0.25, 0.3) is 10.9 Å². The van der Waals surface area contributed by atoms with Crippen molar-refractivity contribution < 1.29 is 14.3 Å². The van der Waals surface area contributed by atoms with Crippen molar-refractivity contribution in [3.05, 3.63) is 90.4 Å². The highest BCUT2D eigenvalue weighted by Crippen LogP contribution is 2.35. The summed E-state index contributed by atoms with van der Waals surface area (Å²) in [6, 6.07) is 19.1. The summed E-state index contributed by atoms with van der Waals surface area (Å²) in [4.78, 5) is 32.3. The van der Waals surface area contributed by atoms with Crippen LogP contribution in [0, 0.1) is 5.92 Å². The van der Waals surface area contributed by atoms with Crippen LogP contribution in [0.2, 0.25) is 0 Å². The number of hydrogen-bond donors (Lipinski definition) is 0. The summed E-state index contributed by atoms with van der Waals surface area (Å²) in [6.07, 6.45) is 5.22. The molecule has 7 nitrogen and oxygen atoms in total. The zero-order valence-corrected chi connectivity index (χ0v) is 20.4. The molecule has 1 fully saturated rings. The zero-order chi connectivity index (χ0) is 24.4. The largest absolute Gasteiger partial charge is 0.489 e. The Morgan fingerprint density at radius 2 is 1.94 bits per heavy atom. The van der Waals surface area contributed by atoms with Crippen molar-refractivity contribution in [2.75, 3.05) is 30.7 Å². The molecule has 4 aromatic rings.